The quantitative estimate of drug-likeness (QED) is 0.883. The molecule has 76 valence electrons. The number of rotatable bonds is 2. The fraction of sp³-hybridized carbons (Fsp3) is 0.400. The van der Waals surface area contributed by atoms with E-state index in [0.717, 1.165) is 27.1 Å². The van der Waals surface area contributed by atoms with Gasteiger partial charge in [-0.3, -0.25) is 0 Å². The van der Waals surface area contributed by atoms with Crippen LogP contribution in [0.5, 0.6) is 11.5 Å². The molecule has 0 fully saturated rings. The van der Waals surface area contributed by atoms with E-state index in [1.54, 1.807) is 0 Å². The molecule has 1 aromatic rings. The summed E-state index contributed by atoms with van der Waals surface area (Å²) < 4.78 is 11.6. The Balaban J connectivity index is 2.49. The molecule has 2 rings (SSSR count). The minimum Gasteiger partial charge on any atom is -0.454 e. The topological polar surface area (TPSA) is 38.7 Å². The van der Waals surface area contributed by atoms with E-state index in [1.165, 1.54) is 0 Å². The second kappa shape index (κ2) is 3.79. The van der Waals surface area contributed by atoms with Crippen molar-refractivity contribution in [2.24, 2.45) is 0 Å². The van der Waals surface area contributed by atoms with Crippen LogP contribution in [0.3, 0.4) is 0 Å². The summed E-state index contributed by atoms with van der Waals surface area (Å²) >= 11 is 3.49. The summed E-state index contributed by atoms with van der Waals surface area (Å²) in [5.74, 6) is 1.58. The first-order chi connectivity index (χ1) is 6.74. The Hall–Kier alpha value is -0.740. The Morgan fingerprint density at radius 1 is 1.50 bits per heavy atom. The lowest BCUT2D eigenvalue weighted by molar-refractivity contribution is 0.173. The van der Waals surface area contributed by atoms with Crippen molar-refractivity contribution in [1.82, 2.24) is 0 Å². The van der Waals surface area contributed by atoms with Crippen molar-refractivity contribution in [3.63, 3.8) is 0 Å². The van der Waals surface area contributed by atoms with E-state index >= 15 is 0 Å². The predicted molar refractivity (Wildman–Crippen MR) is 55.8 cm³/mol. The highest BCUT2D eigenvalue weighted by atomic mass is 79.9. The molecule has 0 radical (unpaired) electrons. The number of aliphatic hydroxyl groups is 1. The number of fused-ring (bicyclic) bond motifs is 1. The average molecular weight is 259 g/mol. The maximum atomic E-state index is 8.89. The lowest BCUT2D eigenvalue weighted by atomic mass is 10.1. The van der Waals surface area contributed by atoms with E-state index in [-0.39, 0.29) is 13.4 Å². The normalized spacial score (nSPS) is 13.4. The van der Waals surface area contributed by atoms with Crippen molar-refractivity contribution in [2.75, 3.05) is 13.4 Å². The summed E-state index contributed by atoms with van der Waals surface area (Å²) in [7, 11) is 0. The van der Waals surface area contributed by atoms with E-state index in [4.69, 9.17) is 14.6 Å². The smallest absolute Gasteiger partial charge is 0.231 e. The predicted octanol–water partition coefficient (Wildman–Crippen LogP) is 2.02. The Bertz CT molecular complexity index is 363. The number of aliphatic hydroxyl groups excluding tert-OH is 1. The maximum absolute atomic E-state index is 8.89. The lowest BCUT2D eigenvalue weighted by Crippen LogP contribution is -1.94. The third-order valence-corrected chi connectivity index (χ3v) is 3.38. The summed E-state index contributed by atoms with van der Waals surface area (Å²) in [5.41, 5.74) is 2.08. The molecular weight excluding hydrogens is 248 g/mol. The van der Waals surface area contributed by atoms with Crippen molar-refractivity contribution in [3.8, 4) is 11.5 Å². The Labute approximate surface area is 90.8 Å². The average Bonchev–Trinajstić information content (AvgIpc) is 2.62. The van der Waals surface area contributed by atoms with Crippen LogP contribution in [0.2, 0.25) is 0 Å². The molecule has 0 spiro atoms. The highest BCUT2D eigenvalue weighted by Crippen LogP contribution is 2.41. The van der Waals surface area contributed by atoms with Gasteiger partial charge in [-0.1, -0.05) is 15.9 Å². The fourth-order valence-corrected chi connectivity index (χ4v) is 2.05. The lowest BCUT2D eigenvalue weighted by Gasteiger charge is -2.08. The van der Waals surface area contributed by atoms with Crippen molar-refractivity contribution >= 4 is 15.9 Å². The van der Waals surface area contributed by atoms with Crippen molar-refractivity contribution in [3.05, 3.63) is 21.7 Å². The SMILES string of the molecule is Cc1c(Br)c(CCO)cc2c1OCO2. The molecule has 0 aliphatic carbocycles. The van der Waals surface area contributed by atoms with Gasteiger partial charge in [0.15, 0.2) is 11.5 Å². The first-order valence-corrected chi connectivity index (χ1v) is 5.21. The van der Waals surface area contributed by atoms with E-state index in [9.17, 15) is 0 Å². The summed E-state index contributed by atoms with van der Waals surface area (Å²) in [6.07, 6.45) is 0.623. The monoisotopic (exact) mass is 258 g/mol. The van der Waals surface area contributed by atoms with Gasteiger partial charge in [-0.05, 0) is 25.0 Å². The zero-order chi connectivity index (χ0) is 10.1. The van der Waals surface area contributed by atoms with E-state index in [0.29, 0.717) is 6.42 Å². The van der Waals surface area contributed by atoms with Crippen LogP contribution in [-0.4, -0.2) is 18.5 Å². The first kappa shape index (κ1) is 9.80. The van der Waals surface area contributed by atoms with Crippen LogP contribution in [0.4, 0.5) is 0 Å². The molecule has 1 aromatic carbocycles. The third kappa shape index (κ3) is 1.48. The van der Waals surface area contributed by atoms with Crippen LogP contribution >= 0.6 is 15.9 Å². The molecule has 4 heteroatoms. The second-order valence-electron chi connectivity index (χ2n) is 3.18. The van der Waals surface area contributed by atoms with E-state index in [2.05, 4.69) is 15.9 Å². The summed E-state index contributed by atoms with van der Waals surface area (Å²) in [6, 6.07) is 1.91. The molecule has 3 nitrogen and oxygen atoms in total. The van der Waals surface area contributed by atoms with Crippen molar-refractivity contribution in [2.45, 2.75) is 13.3 Å². The van der Waals surface area contributed by atoms with Gasteiger partial charge in [0.1, 0.15) is 0 Å². The molecule has 1 N–H and O–H groups in total. The summed E-state index contributed by atoms with van der Waals surface area (Å²) in [4.78, 5) is 0. The third-order valence-electron chi connectivity index (χ3n) is 2.28. The number of hydrogen-bond donors (Lipinski definition) is 1. The highest BCUT2D eigenvalue weighted by molar-refractivity contribution is 9.10. The van der Waals surface area contributed by atoms with Crippen molar-refractivity contribution < 1.29 is 14.6 Å². The van der Waals surface area contributed by atoms with Gasteiger partial charge in [-0.15, -0.1) is 0 Å². The largest absolute Gasteiger partial charge is 0.454 e. The molecule has 0 unspecified atom stereocenters. The maximum Gasteiger partial charge on any atom is 0.231 e. The van der Waals surface area contributed by atoms with Gasteiger partial charge in [-0.2, -0.15) is 0 Å². The van der Waals surface area contributed by atoms with Crippen LogP contribution in [0, 0.1) is 6.92 Å². The van der Waals surface area contributed by atoms with Gasteiger partial charge in [0.25, 0.3) is 0 Å². The zero-order valence-electron chi connectivity index (χ0n) is 7.84. The molecule has 1 aliphatic rings. The molecule has 0 saturated carbocycles. The molecule has 1 aliphatic heterocycles. The van der Waals surface area contributed by atoms with Gasteiger partial charge < -0.3 is 14.6 Å². The van der Waals surface area contributed by atoms with Crippen molar-refractivity contribution in [1.29, 1.82) is 0 Å². The standard InChI is InChI=1S/C10H11BrO3/c1-6-9(11)7(2-3-12)4-8-10(6)14-5-13-8/h4,12H,2-3,5H2,1H3. The fourth-order valence-electron chi connectivity index (χ4n) is 1.55. The van der Waals surface area contributed by atoms with Gasteiger partial charge in [0, 0.05) is 16.6 Å². The number of hydrogen-bond acceptors (Lipinski definition) is 3. The number of halogens is 1. The van der Waals surface area contributed by atoms with Gasteiger partial charge in [0.05, 0.1) is 0 Å². The summed E-state index contributed by atoms with van der Waals surface area (Å²) in [5, 5.41) is 8.89. The highest BCUT2D eigenvalue weighted by Gasteiger charge is 2.20. The van der Waals surface area contributed by atoms with Gasteiger partial charge >= 0.3 is 0 Å². The number of benzene rings is 1. The molecular formula is C10H11BrO3. The van der Waals surface area contributed by atoms with Crippen LogP contribution in [0.25, 0.3) is 0 Å². The Morgan fingerprint density at radius 2 is 2.29 bits per heavy atom. The van der Waals surface area contributed by atoms with E-state index in [1.807, 2.05) is 13.0 Å². The molecule has 1 heterocycles. The molecule has 0 aromatic heterocycles. The first-order valence-electron chi connectivity index (χ1n) is 4.42. The molecule has 0 saturated heterocycles. The van der Waals surface area contributed by atoms with Crippen LogP contribution in [-0.2, 0) is 6.42 Å². The minimum atomic E-state index is 0.137. The molecule has 14 heavy (non-hydrogen) atoms. The summed E-state index contributed by atoms with van der Waals surface area (Å²) in [6.45, 7) is 2.39. The van der Waals surface area contributed by atoms with E-state index < -0.39 is 0 Å². The second-order valence-corrected chi connectivity index (χ2v) is 3.98. The Morgan fingerprint density at radius 3 is 3.00 bits per heavy atom. The van der Waals surface area contributed by atoms with Crippen LogP contribution in [0.15, 0.2) is 10.5 Å². The van der Waals surface area contributed by atoms with Gasteiger partial charge in [-0.25, -0.2) is 0 Å². The molecule has 0 amide bonds. The molecule has 0 bridgehead atoms. The van der Waals surface area contributed by atoms with Gasteiger partial charge in [0.2, 0.25) is 6.79 Å². The zero-order valence-corrected chi connectivity index (χ0v) is 9.43. The van der Waals surface area contributed by atoms with Crippen LogP contribution < -0.4 is 9.47 Å². The van der Waals surface area contributed by atoms with Crippen LogP contribution in [0.1, 0.15) is 11.1 Å². The molecule has 0 atom stereocenters. The Kier molecular flexibility index (Phi) is 2.65. The minimum absolute atomic E-state index is 0.137. The number of ether oxygens (including phenoxy) is 2.